The fourth-order valence-corrected chi connectivity index (χ4v) is 4.02. The molecule has 27 heavy (non-hydrogen) atoms. The maximum Gasteiger partial charge on any atom is 0.354 e. The van der Waals surface area contributed by atoms with Crippen LogP contribution in [0.25, 0.3) is 5.52 Å². The minimum atomic E-state index is -0.813. The van der Waals surface area contributed by atoms with Gasteiger partial charge in [-0.25, -0.2) is 9.18 Å². The molecular formula is C18H23FN4O4. The summed E-state index contributed by atoms with van der Waals surface area (Å²) in [6.45, 7) is 2.74. The third-order valence-corrected chi connectivity index (χ3v) is 5.67. The van der Waals surface area contributed by atoms with E-state index in [4.69, 9.17) is 10.6 Å². The third-order valence-electron chi connectivity index (χ3n) is 5.67. The lowest BCUT2D eigenvalue weighted by Gasteiger charge is -2.24. The van der Waals surface area contributed by atoms with E-state index >= 15 is 4.39 Å². The second-order valence-corrected chi connectivity index (χ2v) is 7.46. The van der Waals surface area contributed by atoms with Crippen LogP contribution in [-0.4, -0.2) is 40.5 Å². The lowest BCUT2D eigenvalue weighted by Crippen LogP contribution is -2.44. The second-order valence-electron chi connectivity index (χ2n) is 7.46. The van der Waals surface area contributed by atoms with Crippen molar-refractivity contribution >= 4 is 11.2 Å². The number of rotatable bonds is 4. The normalized spacial score (nSPS) is 21.0. The topological polar surface area (TPSA) is 102 Å². The van der Waals surface area contributed by atoms with Crippen molar-refractivity contribution < 1.29 is 14.2 Å². The molecule has 146 valence electrons. The van der Waals surface area contributed by atoms with Gasteiger partial charge in [0, 0.05) is 19.0 Å². The van der Waals surface area contributed by atoms with Crippen molar-refractivity contribution in [3.05, 3.63) is 38.4 Å². The van der Waals surface area contributed by atoms with Crippen LogP contribution in [0.3, 0.4) is 0 Å². The van der Waals surface area contributed by atoms with E-state index in [1.165, 1.54) is 7.11 Å². The van der Waals surface area contributed by atoms with Crippen molar-refractivity contribution in [3.8, 4) is 5.75 Å². The van der Waals surface area contributed by atoms with Crippen molar-refractivity contribution in [1.29, 1.82) is 0 Å². The molecule has 2 aromatic heterocycles. The number of anilines is 1. The quantitative estimate of drug-likeness (QED) is 0.747. The Hall–Kier alpha value is -2.55. The van der Waals surface area contributed by atoms with Gasteiger partial charge in [-0.15, -0.1) is 0 Å². The summed E-state index contributed by atoms with van der Waals surface area (Å²) in [5.41, 5.74) is -0.487. The van der Waals surface area contributed by atoms with Crippen LogP contribution in [0.4, 0.5) is 10.1 Å². The van der Waals surface area contributed by atoms with Gasteiger partial charge in [-0.1, -0.05) is 0 Å². The smallest absolute Gasteiger partial charge is 0.354 e. The lowest BCUT2D eigenvalue weighted by molar-refractivity contribution is 0.136. The molecule has 2 atom stereocenters. The van der Waals surface area contributed by atoms with Crippen molar-refractivity contribution in [1.82, 2.24) is 9.08 Å². The standard InChI is InChI=1S/C18H23FN4O4/c1-9(24)11-5-6-21(7-11)14-12(19)8-22-15(16(14)27-2)13(10-3-4-10)17(25)23(20)18(22)26/h8-11,24H,3-7,20H2,1-2H3. The molecule has 8 nitrogen and oxygen atoms in total. The van der Waals surface area contributed by atoms with Gasteiger partial charge < -0.3 is 20.6 Å². The van der Waals surface area contributed by atoms with Gasteiger partial charge in [0.2, 0.25) is 0 Å². The molecule has 1 saturated heterocycles. The molecule has 1 aliphatic carbocycles. The summed E-state index contributed by atoms with van der Waals surface area (Å²) in [7, 11) is 1.40. The number of fused-ring (bicyclic) bond motifs is 1. The van der Waals surface area contributed by atoms with Gasteiger partial charge in [0.15, 0.2) is 11.6 Å². The highest BCUT2D eigenvalue weighted by molar-refractivity contribution is 5.78. The fraction of sp³-hybridized carbons (Fsp3) is 0.556. The van der Waals surface area contributed by atoms with Crippen molar-refractivity contribution in [2.24, 2.45) is 5.92 Å². The summed E-state index contributed by atoms with van der Waals surface area (Å²) < 4.78 is 22.1. The van der Waals surface area contributed by atoms with E-state index in [0.717, 1.165) is 29.9 Å². The molecule has 3 N–H and O–H groups in total. The Bertz CT molecular complexity index is 1020. The largest absolute Gasteiger partial charge is 0.492 e. The number of hydrogen-bond donors (Lipinski definition) is 2. The number of hydrogen-bond acceptors (Lipinski definition) is 6. The van der Waals surface area contributed by atoms with Crippen LogP contribution in [0.1, 0.15) is 37.7 Å². The Morgan fingerprint density at radius 3 is 2.59 bits per heavy atom. The number of pyridine rings is 1. The maximum atomic E-state index is 15.0. The highest BCUT2D eigenvalue weighted by atomic mass is 19.1. The summed E-state index contributed by atoms with van der Waals surface area (Å²) in [6.07, 6.45) is 2.91. The molecule has 2 aromatic rings. The maximum absolute atomic E-state index is 15.0. The lowest BCUT2D eigenvalue weighted by atomic mass is 10.0. The minimum absolute atomic E-state index is 0.0149. The monoisotopic (exact) mass is 378 g/mol. The van der Waals surface area contributed by atoms with Gasteiger partial charge in [-0.3, -0.25) is 9.20 Å². The summed E-state index contributed by atoms with van der Waals surface area (Å²) in [6, 6.07) is 0. The molecule has 9 heteroatoms. The van der Waals surface area contributed by atoms with Gasteiger partial charge in [0.1, 0.15) is 11.2 Å². The van der Waals surface area contributed by atoms with Crippen LogP contribution in [0, 0.1) is 11.7 Å². The highest BCUT2D eigenvalue weighted by Gasteiger charge is 2.35. The number of nitrogen functional groups attached to an aromatic ring is 1. The summed E-state index contributed by atoms with van der Waals surface area (Å²) in [4.78, 5) is 26.9. The summed E-state index contributed by atoms with van der Waals surface area (Å²) in [5.74, 6) is 5.18. The molecule has 2 aliphatic rings. The first kappa shape index (κ1) is 17.8. The van der Waals surface area contributed by atoms with Gasteiger partial charge >= 0.3 is 5.69 Å². The summed E-state index contributed by atoms with van der Waals surface area (Å²) in [5, 5.41) is 9.86. The van der Waals surface area contributed by atoms with Gasteiger partial charge in [-0.2, -0.15) is 4.68 Å². The number of aliphatic hydroxyl groups excluding tert-OH is 1. The summed E-state index contributed by atoms with van der Waals surface area (Å²) >= 11 is 0. The van der Waals surface area contributed by atoms with Gasteiger partial charge in [0.05, 0.1) is 25.0 Å². The Labute approximate surface area is 154 Å². The molecule has 0 amide bonds. The Kier molecular flexibility index (Phi) is 4.14. The van der Waals surface area contributed by atoms with E-state index < -0.39 is 23.2 Å². The molecule has 0 bridgehead atoms. The zero-order valence-electron chi connectivity index (χ0n) is 15.3. The number of nitrogens with two attached hydrogens (primary N) is 1. The number of aromatic nitrogens is 2. The molecule has 2 fully saturated rings. The van der Waals surface area contributed by atoms with Gasteiger partial charge in [0.25, 0.3) is 5.56 Å². The van der Waals surface area contributed by atoms with Gasteiger partial charge in [-0.05, 0) is 32.1 Å². The molecule has 0 aromatic carbocycles. The third kappa shape index (κ3) is 2.68. The first-order valence-corrected chi connectivity index (χ1v) is 9.11. The van der Waals surface area contributed by atoms with E-state index in [1.807, 2.05) is 0 Å². The number of ether oxygens (including phenoxy) is 1. The molecule has 3 heterocycles. The first-order chi connectivity index (χ1) is 12.8. The average Bonchev–Trinajstić information content (AvgIpc) is 3.35. The molecule has 0 radical (unpaired) electrons. The van der Waals surface area contributed by atoms with E-state index in [-0.39, 0.29) is 28.8 Å². The minimum Gasteiger partial charge on any atom is -0.492 e. The average molecular weight is 378 g/mol. The van der Waals surface area contributed by atoms with Crippen LogP contribution in [0.5, 0.6) is 5.75 Å². The molecule has 1 saturated carbocycles. The first-order valence-electron chi connectivity index (χ1n) is 9.11. The molecule has 1 aliphatic heterocycles. The van der Waals surface area contributed by atoms with Crippen LogP contribution in [-0.2, 0) is 0 Å². The van der Waals surface area contributed by atoms with E-state index in [1.54, 1.807) is 11.8 Å². The van der Waals surface area contributed by atoms with Crippen LogP contribution < -0.4 is 26.7 Å². The Balaban J connectivity index is 2.01. The molecule has 4 rings (SSSR count). The van der Waals surface area contributed by atoms with Crippen molar-refractivity contribution in [2.75, 3.05) is 30.9 Å². The van der Waals surface area contributed by atoms with E-state index in [9.17, 15) is 14.7 Å². The van der Waals surface area contributed by atoms with Crippen molar-refractivity contribution in [3.63, 3.8) is 0 Å². The zero-order chi connectivity index (χ0) is 19.5. The Morgan fingerprint density at radius 1 is 1.33 bits per heavy atom. The molecule has 2 unspecified atom stereocenters. The Morgan fingerprint density at radius 2 is 2.04 bits per heavy atom. The molecular weight excluding hydrogens is 355 g/mol. The second kappa shape index (κ2) is 6.26. The predicted octanol–water partition coefficient (Wildman–Crippen LogP) is 0.407. The zero-order valence-corrected chi connectivity index (χ0v) is 15.3. The van der Waals surface area contributed by atoms with Crippen LogP contribution in [0.15, 0.2) is 15.8 Å². The van der Waals surface area contributed by atoms with Crippen molar-refractivity contribution in [2.45, 2.75) is 38.2 Å². The SMILES string of the molecule is COc1c(N2CCC(C(C)O)C2)c(F)cn2c(=O)n(N)c(=O)c(C3CC3)c12. The number of nitrogens with zero attached hydrogens (tertiary/aromatic N) is 3. The number of methoxy groups -OCH3 is 1. The molecule has 0 spiro atoms. The van der Waals surface area contributed by atoms with Crippen LogP contribution >= 0.6 is 0 Å². The highest BCUT2D eigenvalue weighted by Crippen LogP contribution is 2.45. The van der Waals surface area contributed by atoms with Crippen LogP contribution in [0.2, 0.25) is 0 Å². The van der Waals surface area contributed by atoms with E-state index in [2.05, 4.69) is 0 Å². The van der Waals surface area contributed by atoms with E-state index in [0.29, 0.717) is 23.3 Å². The number of halogens is 1. The number of aliphatic hydroxyl groups is 1. The fourth-order valence-electron chi connectivity index (χ4n) is 4.02. The predicted molar refractivity (Wildman–Crippen MR) is 98.6 cm³/mol.